The van der Waals surface area contributed by atoms with Gasteiger partial charge in [-0.15, -0.1) is 0 Å². The van der Waals surface area contributed by atoms with Gasteiger partial charge in [0.15, 0.2) is 0 Å². The third-order valence-electron chi connectivity index (χ3n) is 5.44. The molecule has 0 fully saturated rings. The molecule has 146 valence electrons. The van der Waals surface area contributed by atoms with E-state index in [1.807, 2.05) is 0 Å². The van der Waals surface area contributed by atoms with Gasteiger partial charge in [-0.1, -0.05) is 0 Å². The number of benzene rings is 2. The molecule has 2 aromatic carbocycles. The second kappa shape index (κ2) is 9.45. The molecule has 2 aliphatic carbocycles. The molecule has 3 aliphatic rings. The van der Waals surface area contributed by atoms with Crippen molar-refractivity contribution in [2.24, 2.45) is 0 Å². The summed E-state index contributed by atoms with van der Waals surface area (Å²) in [6, 6.07) is 17.7. The van der Waals surface area contributed by atoms with Gasteiger partial charge in [0.25, 0.3) is 0 Å². The summed E-state index contributed by atoms with van der Waals surface area (Å²) < 4.78 is 3.71. The summed E-state index contributed by atoms with van der Waals surface area (Å²) in [6.07, 6.45) is 7.21. The Morgan fingerprint density at radius 2 is 1.69 bits per heavy atom. The molecule has 2 unspecified atom stereocenters. The molecule has 0 bridgehead atoms. The Kier molecular flexibility index (Phi) is 7.61. The molecule has 1 heterocycles. The first kappa shape index (κ1) is 23.4. The Bertz CT molecular complexity index is 1070. The maximum Gasteiger partial charge on any atom is -1.00 e. The van der Waals surface area contributed by atoms with Crippen molar-refractivity contribution in [3.8, 4) is 11.1 Å². The van der Waals surface area contributed by atoms with Crippen LogP contribution in [0.5, 0.6) is 0 Å². The average Bonchev–Trinajstić information content (AvgIpc) is 3.29. The molecular weight excluding hydrogens is 562 g/mol. The van der Waals surface area contributed by atoms with Crippen LogP contribution in [-0.2, 0) is 23.2 Å². The van der Waals surface area contributed by atoms with Gasteiger partial charge in [0, 0.05) is 0 Å². The molecule has 0 saturated heterocycles. The molecule has 1 aliphatic heterocycles. The van der Waals surface area contributed by atoms with Crippen molar-refractivity contribution in [3.63, 3.8) is 0 Å². The van der Waals surface area contributed by atoms with Gasteiger partial charge in [0.1, 0.15) is 0 Å². The minimum Gasteiger partial charge on any atom is -1.00 e. The van der Waals surface area contributed by atoms with E-state index in [1.165, 1.54) is 32.3 Å². The summed E-state index contributed by atoms with van der Waals surface area (Å²) in [7, 11) is 0. The van der Waals surface area contributed by atoms with Gasteiger partial charge in [0.05, 0.1) is 0 Å². The third kappa shape index (κ3) is 4.24. The summed E-state index contributed by atoms with van der Waals surface area (Å²) in [6.45, 7) is 4.54. The number of fused-ring (bicyclic) bond motifs is 2. The van der Waals surface area contributed by atoms with E-state index in [9.17, 15) is 0 Å². The maximum absolute atomic E-state index is 3.94. The predicted octanol–water partition coefficient (Wildman–Crippen LogP) is 1.47. The summed E-state index contributed by atoms with van der Waals surface area (Å²) in [5, 5.41) is 0.552. The van der Waals surface area contributed by atoms with Crippen LogP contribution in [0.4, 0.5) is 0 Å². The SMILES string of the molecule is CC1=CC2S[C]([Zr+2][CH]3C(C)=Cc4c(-c5ccccc5)cccc43)=C(Br)C2=C1.[Cl-].[Cl-]. The largest absolute Gasteiger partial charge is 1.00 e. The fourth-order valence-electron chi connectivity index (χ4n) is 4.14. The van der Waals surface area contributed by atoms with Crippen LogP contribution in [0.1, 0.15) is 28.6 Å². The van der Waals surface area contributed by atoms with Crippen molar-refractivity contribution in [2.75, 3.05) is 0 Å². The predicted molar refractivity (Wildman–Crippen MR) is 117 cm³/mol. The molecule has 5 heteroatoms. The fraction of sp³-hybridized carbons (Fsp3) is 0.167. The van der Waals surface area contributed by atoms with Gasteiger partial charge in [-0.2, -0.15) is 0 Å². The molecule has 0 spiro atoms. The summed E-state index contributed by atoms with van der Waals surface area (Å²) >= 11 is 5.26. The van der Waals surface area contributed by atoms with Gasteiger partial charge in [-0.05, 0) is 0 Å². The molecule has 0 nitrogen and oxygen atoms in total. The van der Waals surface area contributed by atoms with Crippen LogP contribution in [0, 0.1) is 0 Å². The Morgan fingerprint density at radius 3 is 2.41 bits per heavy atom. The van der Waals surface area contributed by atoms with Gasteiger partial charge < -0.3 is 24.8 Å². The minimum absolute atomic E-state index is 0. The Labute approximate surface area is 209 Å². The minimum atomic E-state index is -0.774. The van der Waals surface area contributed by atoms with Crippen LogP contribution >= 0.6 is 27.7 Å². The monoisotopic (exact) mass is 578 g/mol. The standard InChI is InChI=1S/C16H13.C8H6BrS.2ClH.Zr/c1-12-10-14-8-5-9-15(16(14)11-12)13-6-3-2-4-7-13;1-5-2-6-7(9)4-10-8(6)3-5;;;/h2-11H,1H3;2-3,8H,1H3;2*1H;/q;;;;+2/p-2. The number of hydrogen-bond acceptors (Lipinski definition) is 1. The quantitative estimate of drug-likeness (QED) is 0.530. The summed E-state index contributed by atoms with van der Waals surface area (Å²) in [4.78, 5) is 0. The summed E-state index contributed by atoms with van der Waals surface area (Å²) in [5.41, 5.74) is 10.1. The van der Waals surface area contributed by atoms with Crippen molar-refractivity contribution in [2.45, 2.75) is 22.7 Å². The smallest absolute Gasteiger partial charge is 1.00 e. The van der Waals surface area contributed by atoms with E-state index in [2.05, 4.69) is 108 Å². The molecule has 29 heavy (non-hydrogen) atoms. The topological polar surface area (TPSA) is 0 Å². The number of hydrogen-bond donors (Lipinski definition) is 0. The zero-order chi connectivity index (χ0) is 18.5. The van der Waals surface area contributed by atoms with Gasteiger partial charge in [0.2, 0.25) is 0 Å². The normalized spacial score (nSPS) is 21.3. The number of thioether (sulfide) groups is 1. The van der Waals surface area contributed by atoms with Crippen LogP contribution in [0.2, 0.25) is 0 Å². The first-order chi connectivity index (χ1) is 13.1. The van der Waals surface area contributed by atoms with E-state index in [0.717, 1.165) is 0 Å². The van der Waals surface area contributed by atoms with Crippen molar-refractivity contribution < 1.29 is 48.0 Å². The van der Waals surface area contributed by atoms with E-state index in [1.54, 1.807) is 13.7 Å². The molecule has 0 amide bonds. The third-order valence-corrected chi connectivity index (χ3v) is 14.0. The van der Waals surface area contributed by atoms with E-state index in [-0.39, 0.29) is 24.8 Å². The van der Waals surface area contributed by atoms with Crippen molar-refractivity contribution in [1.29, 1.82) is 0 Å². The molecule has 2 aromatic rings. The first-order valence-corrected chi connectivity index (χ1v) is 13.5. The Balaban J connectivity index is 0.00000120. The van der Waals surface area contributed by atoms with E-state index >= 15 is 0 Å². The summed E-state index contributed by atoms with van der Waals surface area (Å²) in [5.74, 6) is 0. The number of rotatable bonds is 3. The van der Waals surface area contributed by atoms with Crippen LogP contribution in [0.25, 0.3) is 17.2 Å². The zero-order valence-corrected chi connectivity index (χ0v) is 22.4. The van der Waals surface area contributed by atoms with Gasteiger partial charge in [-0.3, -0.25) is 0 Å². The molecule has 0 saturated carbocycles. The van der Waals surface area contributed by atoms with Crippen molar-refractivity contribution >= 4 is 33.8 Å². The number of allylic oxidation sites excluding steroid dienone is 4. The van der Waals surface area contributed by atoms with Crippen LogP contribution in [0.15, 0.2) is 84.5 Å². The first-order valence-electron chi connectivity index (χ1n) is 9.21. The second-order valence-electron chi connectivity index (χ2n) is 7.33. The molecule has 5 rings (SSSR count). The van der Waals surface area contributed by atoms with E-state index in [4.69, 9.17) is 0 Å². The van der Waals surface area contributed by atoms with Crippen molar-refractivity contribution in [1.82, 2.24) is 0 Å². The second-order valence-corrected chi connectivity index (χ2v) is 13.5. The van der Waals surface area contributed by atoms with Crippen LogP contribution in [-0.4, -0.2) is 5.25 Å². The maximum atomic E-state index is 3.94. The van der Waals surface area contributed by atoms with Crippen LogP contribution in [0.3, 0.4) is 0 Å². The van der Waals surface area contributed by atoms with Gasteiger partial charge in [-0.25, -0.2) is 0 Å². The average molecular weight is 582 g/mol. The fourth-order valence-corrected chi connectivity index (χ4v) is 12.0. The molecule has 0 N–H and O–H groups in total. The molecule has 0 aromatic heterocycles. The van der Waals surface area contributed by atoms with Gasteiger partial charge >= 0.3 is 186 Å². The van der Waals surface area contributed by atoms with Crippen LogP contribution < -0.4 is 24.8 Å². The van der Waals surface area contributed by atoms with Crippen molar-refractivity contribution in [3.05, 3.63) is 95.6 Å². The Hall–Kier alpha value is -0.307. The zero-order valence-electron chi connectivity index (χ0n) is 16.0. The number of halogens is 3. The van der Waals surface area contributed by atoms with E-state index < -0.39 is 23.2 Å². The van der Waals surface area contributed by atoms with E-state index in [0.29, 0.717) is 8.88 Å². The molecule has 2 atom stereocenters. The Morgan fingerprint density at radius 1 is 0.931 bits per heavy atom. The molecular formula is C24H19BrCl2SZr. The molecule has 0 radical (unpaired) electrons.